The van der Waals surface area contributed by atoms with Crippen molar-refractivity contribution in [2.75, 3.05) is 12.4 Å². The van der Waals surface area contributed by atoms with Gasteiger partial charge in [0.1, 0.15) is 17.4 Å². The van der Waals surface area contributed by atoms with Crippen molar-refractivity contribution in [1.29, 1.82) is 5.26 Å². The van der Waals surface area contributed by atoms with Crippen LogP contribution in [0.15, 0.2) is 36.5 Å². The Bertz CT molecular complexity index is 710. The number of nitrogens with one attached hydrogen (secondary N) is 1. The summed E-state index contributed by atoms with van der Waals surface area (Å²) in [6.45, 7) is 0.333. The third-order valence-corrected chi connectivity index (χ3v) is 2.82. The van der Waals surface area contributed by atoms with Gasteiger partial charge in [-0.05, 0) is 23.8 Å². The van der Waals surface area contributed by atoms with Crippen molar-refractivity contribution in [2.24, 2.45) is 0 Å². The van der Waals surface area contributed by atoms with E-state index in [0.29, 0.717) is 12.3 Å². The number of ether oxygens (including phenoxy) is 1. The van der Waals surface area contributed by atoms with Crippen molar-refractivity contribution in [1.82, 2.24) is 4.98 Å². The van der Waals surface area contributed by atoms with Crippen LogP contribution in [-0.4, -0.2) is 17.0 Å². The maximum Gasteiger partial charge on any atom is 0.328 e. The molecular weight excluding hydrogens is 272 g/mol. The molecule has 0 radical (unpaired) electrons. The summed E-state index contributed by atoms with van der Waals surface area (Å²) in [5.74, 6) is 0.768. The molecule has 21 heavy (non-hydrogen) atoms. The summed E-state index contributed by atoms with van der Waals surface area (Å²) in [6.07, 6.45) is 1.36. The van der Waals surface area contributed by atoms with Gasteiger partial charge < -0.3 is 10.1 Å². The number of nitro groups is 1. The summed E-state index contributed by atoms with van der Waals surface area (Å²) in [7, 11) is 1.56. The van der Waals surface area contributed by atoms with Gasteiger partial charge in [0.25, 0.3) is 0 Å². The zero-order valence-corrected chi connectivity index (χ0v) is 11.2. The largest absolute Gasteiger partial charge is 0.497 e. The van der Waals surface area contributed by atoms with E-state index in [1.54, 1.807) is 19.2 Å². The van der Waals surface area contributed by atoms with Crippen LogP contribution in [0.5, 0.6) is 5.75 Å². The lowest BCUT2D eigenvalue weighted by atomic mass is 10.2. The Hall–Kier alpha value is -3.14. The molecule has 0 saturated heterocycles. The third-order valence-electron chi connectivity index (χ3n) is 2.82. The first-order valence-corrected chi connectivity index (χ1v) is 6.06. The van der Waals surface area contributed by atoms with Crippen LogP contribution in [-0.2, 0) is 6.54 Å². The van der Waals surface area contributed by atoms with E-state index in [1.807, 2.05) is 18.2 Å². The average molecular weight is 284 g/mol. The molecule has 0 spiro atoms. The molecule has 1 N–H and O–H groups in total. The summed E-state index contributed by atoms with van der Waals surface area (Å²) in [5.41, 5.74) is 0.541. The van der Waals surface area contributed by atoms with Crippen LogP contribution >= 0.6 is 0 Å². The number of pyridine rings is 1. The quantitative estimate of drug-likeness (QED) is 0.668. The maximum atomic E-state index is 11.1. The molecule has 0 fully saturated rings. The predicted octanol–water partition coefficient (Wildman–Crippen LogP) is 2.48. The van der Waals surface area contributed by atoms with E-state index < -0.39 is 4.92 Å². The normalized spacial score (nSPS) is 9.71. The number of nitrogens with zero attached hydrogens (tertiary/aromatic N) is 3. The van der Waals surface area contributed by atoms with Gasteiger partial charge in [0, 0.05) is 12.7 Å². The van der Waals surface area contributed by atoms with E-state index >= 15 is 0 Å². The van der Waals surface area contributed by atoms with Gasteiger partial charge in [-0.25, -0.2) is 4.98 Å². The van der Waals surface area contributed by atoms with E-state index in [9.17, 15) is 10.1 Å². The molecule has 2 rings (SSSR count). The first-order valence-electron chi connectivity index (χ1n) is 6.06. The molecule has 0 aliphatic heterocycles. The number of hydrogen-bond donors (Lipinski definition) is 1. The number of nitriles is 1. The van der Waals surface area contributed by atoms with E-state index in [2.05, 4.69) is 10.3 Å². The molecule has 0 unspecified atom stereocenters. The van der Waals surface area contributed by atoms with Crippen LogP contribution in [0.3, 0.4) is 0 Å². The molecular formula is C14H12N4O3. The topological polar surface area (TPSA) is 101 Å². The summed E-state index contributed by atoms with van der Waals surface area (Å²) in [5, 5.41) is 22.9. The zero-order chi connectivity index (χ0) is 15.2. The Morgan fingerprint density at radius 3 is 2.95 bits per heavy atom. The van der Waals surface area contributed by atoms with Crippen LogP contribution in [0.2, 0.25) is 0 Å². The lowest BCUT2D eigenvalue weighted by Gasteiger charge is -2.08. The first kappa shape index (κ1) is 14.3. The summed E-state index contributed by atoms with van der Waals surface area (Å²) < 4.78 is 5.11. The number of methoxy groups -OCH3 is 1. The van der Waals surface area contributed by atoms with Crippen LogP contribution in [0.25, 0.3) is 0 Å². The van der Waals surface area contributed by atoms with Gasteiger partial charge in [0.05, 0.1) is 12.0 Å². The van der Waals surface area contributed by atoms with Gasteiger partial charge in [-0.1, -0.05) is 12.1 Å². The van der Waals surface area contributed by atoms with Crippen molar-refractivity contribution >= 4 is 11.5 Å². The molecule has 2 aromatic rings. The van der Waals surface area contributed by atoms with Crippen molar-refractivity contribution < 1.29 is 9.66 Å². The second-order valence-electron chi connectivity index (χ2n) is 4.13. The van der Waals surface area contributed by atoms with E-state index in [0.717, 1.165) is 5.56 Å². The highest BCUT2D eigenvalue weighted by Gasteiger charge is 2.20. The van der Waals surface area contributed by atoms with Gasteiger partial charge in [0.15, 0.2) is 0 Å². The number of benzene rings is 1. The predicted molar refractivity (Wildman–Crippen MR) is 75.9 cm³/mol. The lowest BCUT2D eigenvalue weighted by molar-refractivity contribution is -0.384. The number of hydrogen-bond acceptors (Lipinski definition) is 6. The standard InChI is InChI=1S/C14H12N4O3/c1-21-12-4-2-3-10(7-12)9-17-14-13(18(19)20)11(8-15)5-6-16-14/h2-7H,9H2,1H3,(H,16,17). The molecule has 1 aromatic carbocycles. The minimum Gasteiger partial charge on any atom is -0.497 e. The van der Waals surface area contributed by atoms with Gasteiger partial charge in [-0.15, -0.1) is 0 Å². The van der Waals surface area contributed by atoms with E-state index in [-0.39, 0.29) is 17.1 Å². The fraction of sp³-hybridized carbons (Fsp3) is 0.143. The first-order chi connectivity index (χ1) is 10.2. The van der Waals surface area contributed by atoms with Crippen LogP contribution in [0.4, 0.5) is 11.5 Å². The fourth-order valence-electron chi connectivity index (χ4n) is 1.83. The smallest absolute Gasteiger partial charge is 0.328 e. The minimum atomic E-state index is -0.612. The van der Waals surface area contributed by atoms with E-state index in [4.69, 9.17) is 10.00 Å². The number of aromatic nitrogens is 1. The Balaban J connectivity index is 2.24. The van der Waals surface area contributed by atoms with Gasteiger partial charge >= 0.3 is 5.69 Å². The highest BCUT2D eigenvalue weighted by molar-refractivity contribution is 5.64. The molecule has 0 saturated carbocycles. The van der Waals surface area contributed by atoms with Crippen molar-refractivity contribution in [3.8, 4) is 11.8 Å². The summed E-state index contributed by atoms with van der Waals surface area (Å²) >= 11 is 0. The van der Waals surface area contributed by atoms with Crippen LogP contribution in [0, 0.1) is 21.4 Å². The average Bonchev–Trinajstić information content (AvgIpc) is 2.52. The van der Waals surface area contributed by atoms with Crippen molar-refractivity contribution in [3.05, 3.63) is 57.8 Å². The Morgan fingerprint density at radius 2 is 2.29 bits per heavy atom. The summed E-state index contributed by atoms with van der Waals surface area (Å²) in [6, 6.07) is 10.4. The van der Waals surface area contributed by atoms with Crippen molar-refractivity contribution in [3.63, 3.8) is 0 Å². The van der Waals surface area contributed by atoms with Crippen LogP contribution < -0.4 is 10.1 Å². The Kier molecular flexibility index (Phi) is 4.31. The highest BCUT2D eigenvalue weighted by Crippen LogP contribution is 2.26. The SMILES string of the molecule is COc1cccc(CNc2nccc(C#N)c2[N+](=O)[O-])c1. The lowest BCUT2D eigenvalue weighted by Crippen LogP contribution is -2.06. The number of anilines is 1. The Labute approximate surface area is 121 Å². The molecule has 7 nitrogen and oxygen atoms in total. The molecule has 0 aliphatic carbocycles. The molecule has 1 heterocycles. The zero-order valence-electron chi connectivity index (χ0n) is 11.2. The van der Waals surface area contributed by atoms with Gasteiger partial charge in [-0.2, -0.15) is 5.26 Å². The van der Waals surface area contributed by atoms with E-state index in [1.165, 1.54) is 12.3 Å². The second-order valence-corrected chi connectivity index (χ2v) is 4.13. The van der Waals surface area contributed by atoms with Gasteiger partial charge in [0.2, 0.25) is 5.82 Å². The molecule has 7 heteroatoms. The summed E-state index contributed by atoms with van der Waals surface area (Å²) in [4.78, 5) is 14.4. The fourth-order valence-corrected chi connectivity index (χ4v) is 1.83. The third kappa shape index (κ3) is 3.25. The monoisotopic (exact) mass is 284 g/mol. The number of rotatable bonds is 5. The molecule has 0 amide bonds. The molecule has 0 aliphatic rings. The Morgan fingerprint density at radius 1 is 1.48 bits per heavy atom. The maximum absolute atomic E-state index is 11.1. The van der Waals surface area contributed by atoms with Crippen LogP contribution in [0.1, 0.15) is 11.1 Å². The van der Waals surface area contributed by atoms with Crippen molar-refractivity contribution in [2.45, 2.75) is 6.54 Å². The highest BCUT2D eigenvalue weighted by atomic mass is 16.6. The molecule has 106 valence electrons. The minimum absolute atomic E-state index is 0.0249. The second kappa shape index (κ2) is 6.34. The molecule has 0 bridgehead atoms. The van der Waals surface area contributed by atoms with Gasteiger partial charge in [-0.3, -0.25) is 10.1 Å². The molecule has 1 aromatic heterocycles. The molecule has 0 atom stereocenters.